The van der Waals surface area contributed by atoms with E-state index in [1.807, 2.05) is 24.3 Å². The van der Waals surface area contributed by atoms with Crippen molar-refractivity contribution in [2.24, 2.45) is 0 Å². The number of carbonyl (C=O) groups excluding carboxylic acids is 1. The monoisotopic (exact) mass is 246 g/mol. The fourth-order valence-corrected chi connectivity index (χ4v) is 2.54. The Hall–Kier alpha value is -1.35. The minimum atomic E-state index is 0.115. The number of rotatable bonds is 3. The van der Waals surface area contributed by atoms with Gasteiger partial charge in [-0.1, -0.05) is 0 Å². The number of ketones is 1. The summed E-state index contributed by atoms with van der Waals surface area (Å²) in [5.74, 6) is 0.115. The summed E-state index contributed by atoms with van der Waals surface area (Å²) in [6, 6.07) is 8.26. The normalized spacial score (nSPS) is 22.5. The Morgan fingerprint density at radius 3 is 2.56 bits per heavy atom. The van der Waals surface area contributed by atoms with Gasteiger partial charge in [0.25, 0.3) is 0 Å². The molecule has 0 radical (unpaired) electrons. The lowest BCUT2D eigenvalue weighted by molar-refractivity contribution is 0.101. The highest BCUT2D eigenvalue weighted by Crippen LogP contribution is 2.22. The van der Waals surface area contributed by atoms with Gasteiger partial charge in [0.1, 0.15) is 0 Å². The average molecular weight is 246 g/mol. The summed E-state index contributed by atoms with van der Waals surface area (Å²) in [6.07, 6.45) is 2.25. The zero-order valence-corrected chi connectivity index (χ0v) is 11.4. The summed E-state index contributed by atoms with van der Waals surface area (Å²) < 4.78 is 0. The largest absolute Gasteiger partial charge is 0.382 e. The second kappa shape index (κ2) is 5.11. The van der Waals surface area contributed by atoms with Crippen molar-refractivity contribution < 1.29 is 4.79 Å². The standard InChI is InChI=1S/C15H22N2O/c1-11(18)12-4-6-13(7-5-12)17-14-8-9-16-15(2,3)10-14/h4-7,14,16-17H,8-10H2,1-3H3. The van der Waals surface area contributed by atoms with Crippen LogP contribution in [0.2, 0.25) is 0 Å². The Morgan fingerprint density at radius 2 is 2.00 bits per heavy atom. The SMILES string of the molecule is CC(=O)c1ccc(NC2CCNC(C)(C)C2)cc1. The molecule has 1 aromatic rings. The van der Waals surface area contributed by atoms with E-state index >= 15 is 0 Å². The fourth-order valence-electron chi connectivity index (χ4n) is 2.54. The van der Waals surface area contributed by atoms with Crippen LogP contribution in [0.25, 0.3) is 0 Å². The predicted octanol–water partition coefficient (Wildman–Crippen LogP) is 2.83. The minimum absolute atomic E-state index is 0.115. The summed E-state index contributed by atoms with van der Waals surface area (Å²) >= 11 is 0. The van der Waals surface area contributed by atoms with Gasteiger partial charge in [0.05, 0.1) is 0 Å². The molecule has 1 aliphatic heterocycles. The van der Waals surface area contributed by atoms with Crippen LogP contribution >= 0.6 is 0 Å². The van der Waals surface area contributed by atoms with Crippen molar-refractivity contribution in [2.45, 2.75) is 45.2 Å². The van der Waals surface area contributed by atoms with Crippen LogP contribution in [0.3, 0.4) is 0 Å². The Balaban J connectivity index is 1.99. The van der Waals surface area contributed by atoms with E-state index in [4.69, 9.17) is 0 Å². The second-order valence-corrected chi connectivity index (χ2v) is 5.78. The van der Waals surface area contributed by atoms with Crippen molar-refractivity contribution >= 4 is 11.5 Å². The summed E-state index contributed by atoms with van der Waals surface area (Å²) in [5.41, 5.74) is 2.07. The molecule has 2 rings (SSSR count). The van der Waals surface area contributed by atoms with Gasteiger partial charge in [0.2, 0.25) is 0 Å². The van der Waals surface area contributed by atoms with Crippen LogP contribution in [0.5, 0.6) is 0 Å². The first-order valence-corrected chi connectivity index (χ1v) is 6.59. The zero-order valence-electron chi connectivity index (χ0n) is 11.4. The molecule has 0 saturated carbocycles. The van der Waals surface area contributed by atoms with E-state index in [2.05, 4.69) is 24.5 Å². The van der Waals surface area contributed by atoms with Gasteiger partial charge in [-0.3, -0.25) is 4.79 Å². The Bertz CT molecular complexity index is 423. The molecule has 0 aromatic heterocycles. The van der Waals surface area contributed by atoms with Gasteiger partial charge in [-0.2, -0.15) is 0 Å². The molecule has 3 nitrogen and oxygen atoms in total. The number of Topliss-reactive ketones (excluding diaryl/α,β-unsaturated/α-hetero) is 1. The quantitative estimate of drug-likeness (QED) is 0.806. The van der Waals surface area contributed by atoms with Crippen LogP contribution in [0.15, 0.2) is 24.3 Å². The number of nitrogens with one attached hydrogen (secondary N) is 2. The number of carbonyl (C=O) groups is 1. The molecule has 18 heavy (non-hydrogen) atoms. The Labute approximate surface area is 109 Å². The van der Waals surface area contributed by atoms with Gasteiger partial charge in [-0.05, 0) is 64.4 Å². The average Bonchev–Trinajstić information content (AvgIpc) is 2.28. The van der Waals surface area contributed by atoms with Crippen molar-refractivity contribution in [3.05, 3.63) is 29.8 Å². The third kappa shape index (κ3) is 3.33. The number of piperidine rings is 1. The maximum absolute atomic E-state index is 11.2. The molecule has 0 aliphatic carbocycles. The summed E-state index contributed by atoms with van der Waals surface area (Å²) in [6.45, 7) is 7.12. The molecule has 1 aliphatic rings. The molecular formula is C15H22N2O. The van der Waals surface area contributed by atoms with E-state index in [9.17, 15) is 4.79 Å². The van der Waals surface area contributed by atoms with Crippen molar-refractivity contribution in [1.82, 2.24) is 5.32 Å². The first kappa shape index (κ1) is 13.1. The van der Waals surface area contributed by atoms with Crippen molar-refractivity contribution in [3.63, 3.8) is 0 Å². The van der Waals surface area contributed by atoms with Crippen LogP contribution in [0.4, 0.5) is 5.69 Å². The van der Waals surface area contributed by atoms with Crippen molar-refractivity contribution in [2.75, 3.05) is 11.9 Å². The molecule has 0 amide bonds. The summed E-state index contributed by atoms with van der Waals surface area (Å²) in [4.78, 5) is 11.2. The third-order valence-corrected chi connectivity index (χ3v) is 3.52. The van der Waals surface area contributed by atoms with Crippen LogP contribution in [0.1, 0.15) is 44.0 Å². The first-order chi connectivity index (χ1) is 8.46. The second-order valence-electron chi connectivity index (χ2n) is 5.78. The predicted molar refractivity (Wildman–Crippen MR) is 75.2 cm³/mol. The van der Waals surface area contributed by atoms with Crippen LogP contribution in [-0.4, -0.2) is 23.9 Å². The maximum atomic E-state index is 11.2. The number of hydrogen-bond donors (Lipinski definition) is 2. The van der Waals surface area contributed by atoms with Gasteiger partial charge in [-0.25, -0.2) is 0 Å². The first-order valence-electron chi connectivity index (χ1n) is 6.59. The van der Waals surface area contributed by atoms with E-state index in [0.29, 0.717) is 6.04 Å². The van der Waals surface area contributed by atoms with Gasteiger partial charge < -0.3 is 10.6 Å². The van der Waals surface area contributed by atoms with Crippen LogP contribution < -0.4 is 10.6 Å². The van der Waals surface area contributed by atoms with E-state index in [1.54, 1.807) is 6.92 Å². The number of anilines is 1. The summed E-state index contributed by atoms with van der Waals surface area (Å²) in [7, 11) is 0. The molecular weight excluding hydrogens is 224 g/mol. The van der Waals surface area contributed by atoms with E-state index in [0.717, 1.165) is 30.6 Å². The van der Waals surface area contributed by atoms with Crippen LogP contribution in [-0.2, 0) is 0 Å². The fraction of sp³-hybridized carbons (Fsp3) is 0.533. The summed E-state index contributed by atoms with van der Waals surface area (Å²) in [5, 5.41) is 7.06. The van der Waals surface area contributed by atoms with Gasteiger partial charge >= 0.3 is 0 Å². The van der Waals surface area contributed by atoms with Gasteiger partial charge in [-0.15, -0.1) is 0 Å². The zero-order chi connectivity index (χ0) is 13.2. The topological polar surface area (TPSA) is 41.1 Å². The molecule has 1 atom stereocenters. The highest BCUT2D eigenvalue weighted by Gasteiger charge is 2.27. The molecule has 1 aromatic carbocycles. The minimum Gasteiger partial charge on any atom is -0.382 e. The van der Waals surface area contributed by atoms with Gasteiger partial charge in [0.15, 0.2) is 5.78 Å². The van der Waals surface area contributed by atoms with Crippen LogP contribution in [0, 0.1) is 0 Å². The van der Waals surface area contributed by atoms with Gasteiger partial charge in [0, 0.05) is 22.8 Å². The molecule has 3 heteroatoms. The van der Waals surface area contributed by atoms with E-state index < -0.39 is 0 Å². The van der Waals surface area contributed by atoms with E-state index in [1.165, 1.54) is 0 Å². The Kier molecular flexibility index (Phi) is 3.71. The number of hydrogen-bond acceptors (Lipinski definition) is 3. The van der Waals surface area contributed by atoms with Crippen molar-refractivity contribution in [1.29, 1.82) is 0 Å². The lowest BCUT2D eigenvalue weighted by Gasteiger charge is -2.37. The molecule has 1 saturated heterocycles. The number of benzene rings is 1. The highest BCUT2D eigenvalue weighted by atomic mass is 16.1. The molecule has 98 valence electrons. The molecule has 1 fully saturated rings. The molecule has 2 N–H and O–H groups in total. The smallest absolute Gasteiger partial charge is 0.159 e. The third-order valence-electron chi connectivity index (χ3n) is 3.52. The van der Waals surface area contributed by atoms with Crippen molar-refractivity contribution in [3.8, 4) is 0 Å². The van der Waals surface area contributed by atoms with E-state index in [-0.39, 0.29) is 11.3 Å². The lowest BCUT2D eigenvalue weighted by atomic mass is 9.89. The molecule has 1 unspecified atom stereocenters. The maximum Gasteiger partial charge on any atom is 0.159 e. The highest BCUT2D eigenvalue weighted by molar-refractivity contribution is 5.94. The molecule has 1 heterocycles. The Morgan fingerprint density at radius 1 is 1.33 bits per heavy atom. The molecule has 0 bridgehead atoms. The lowest BCUT2D eigenvalue weighted by Crippen LogP contribution is -2.49. The molecule has 0 spiro atoms.